The van der Waals surface area contributed by atoms with Gasteiger partial charge in [0.15, 0.2) is 6.29 Å². The van der Waals surface area contributed by atoms with Crippen molar-refractivity contribution < 1.29 is 19.0 Å². The van der Waals surface area contributed by atoms with Gasteiger partial charge in [-0.25, -0.2) is 9.67 Å². The van der Waals surface area contributed by atoms with Gasteiger partial charge >= 0.3 is 0 Å². The first-order valence-electron chi connectivity index (χ1n) is 9.30. The maximum absolute atomic E-state index is 11.4. The molecule has 8 nitrogen and oxygen atoms in total. The number of thiol groups is 1. The van der Waals surface area contributed by atoms with E-state index in [1.807, 2.05) is 18.2 Å². The Hall–Kier alpha value is -3.04. The zero-order valence-electron chi connectivity index (χ0n) is 17.0. The summed E-state index contributed by atoms with van der Waals surface area (Å²) in [6.45, 7) is 1.19. The van der Waals surface area contributed by atoms with Crippen LogP contribution in [0.2, 0.25) is 0 Å². The molecule has 0 saturated heterocycles. The largest absolute Gasteiger partial charge is 0.486 e. The van der Waals surface area contributed by atoms with Crippen molar-refractivity contribution in [1.82, 2.24) is 19.7 Å². The fourth-order valence-corrected chi connectivity index (χ4v) is 3.15. The average molecular weight is 430 g/mol. The van der Waals surface area contributed by atoms with Crippen LogP contribution >= 0.6 is 0 Å². The highest BCUT2D eigenvalue weighted by molar-refractivity contribution is 7.93. The number of carbonyl (C=O) groups excluding carboxylic acids is 1. The van der Waals surface area contributed by atoms with Crippen LogP contribution in [0, 0.1) is 0 Å². The summed E-state index contributed by atoms with van der Waals surface area (Å²) >= 11 is 0. The second-order valence-electron chi connectivity index (χ2n) is 6.52. The number of aromatic nitrogens is 4. The number of methoxy groups -OCH3 is 1. The quantitative estimate of drug-likeness (QED) is 0.152. The molecule has 0 bridgehead atoms. The van der Waals surface area contributed by atoms with Gasteiger partial charge in [-0.3, -0.25) is 9.78 Å². The van der Waals surface area contributed by atoms with Crippen molar-refractivity contribution in [1.29, 1.82) is 0 Å². The molecule has 9 heteroatoms. The highest BCUT2D eigenvalue weighted by Gasteiger charge is 2.14. The molecule has 0 aromatic carbocycles. The van der Waals surface area contributed by atoms with Gasteiger partial charge in [0.1, 0.15) is 19.1 Å². The molecule has 0 aliphatic carbocycles. The Morgan fingerprint density at radius 1 is 1.27 bits per heavy atom. The lowest BCUT2D eigenvalue weighted by molar-refractivity contribution is 0.0822. The molecule has 158 valence electrons. The van der Waals surface area contributed by atoms with Gasteiger partial charge in [0.2, 0.25) is 5.88 Å². The Kier molecular flexibility index (Phi) is 7.69. The van der Waals surface area contributed by atoms with Crippen LogP contribution in [-0.2, 0) is 28.6 Å². The highest BCUT2D eigenvalue weighted by Crippen LogP contribution is 2.25. The van der Waals surface area contributed by atoms with Gasteiger partial charge < -0.3 is 14.2 Å². The lowest BCUT2D eigenvalue weighted by Gasteiger charge is -2.13. The van der Waals surface area contributed by atoms with Crippen molar-refractivity contribution in [2.75, 3.05) is 25.7 Å². The molecule has 0 aliphatic rings. The number of ether oxygens (including phenoxy) is 3. The number of rotatable bonds is 11. The predicted molar refractivity (Wildman–Crippen MR) is 119 cm³/mol. The molecule has 0 N–H and O–H groups in total. The third-order valence-corrected chi connectivity index (χ3v) is 5.22. The van der Waals surface area contributed by atoms with Gasteiger partial charge in [-0.15, -0.1) is 10.5 Å². The second kappa shape index (κ2) is 10.7. The van der Waals surface area contributed by atoms with Gasteiger partial charge in [-0.05, 0) is 12.1 Å². The summed E-state index contributed by atoms with van der Waals surface area (Å²) in [5, 5.41) is 4.35. The topological polar surface area (TPSA) is 88.4 Å². The third-order valence-electron chi connectivity index (χ3n) is 4.27. The van der Waals surface area contributed by atoms with E-state index in [9.17, 15) is 4.79 Å². The molecule has 0 fully saturated rings. The second-order valence-corrected chi connectivity index (χ2v) is 8.67. The van der Waals surface area contributed by atoms with Crippen LogP contribution < -0.4 is 9.47 Å². The van der Waals surface area contributed by atoms with Gasteiger partial charge in [0, 0.05) is 29.9 Å². The van der Waals surface area contributed by atoms with Crippen molar-refractivity contribution in [3.05, 3.63) is 54.0 Å². The van der Waals surface area contributed by atoms with Crippen molar-refractivity contribution in [2.45, 2.75) is 13.3 Å². The van der Waals surface area contributed by atoms with Crippen LogP contribution in [0.1, 0.15) is 15.9 Å². The molecule has 0 saturated carbocycles. The van der Waals surface area contributed by atoms with Crippen LogP contribution in [-0.4, -0.2) is 57.6 Å². The Labute approximate surface area is 177 Å². The van der Waals surface area contributed by atoms with Gasteiger partial charge in [0.05, 0.1) is 48.9 Å². The zero-order valence-corrected chi connectivity index (χ0v) is 17.9. The Balaban J connectivity index is 1.75. The summed E-state index contributed by atoms with van der Waals surface area (Å²) in [4.78, 5) is 20.0. The molecule has 0 amide bonds. The van der Waals surface area contributed by atoms with Gasteiger partial charge in [0.25, 0.3) is 0 Å². The molecular formula is C21H25N4O4S+. The number of aldehydes is 1. The van der Waals surface area contributed by atoms with E-state index in [0.717, 1.165) is 22.7 Å². The third kappa shape index (κ3) is 5.52. The summed E-state index contributed by atoms with van der Waals surface area (Å²) < 4.78 is 18.4. The number of hydrogen-bond donors (Lipinski definition) is 0. The Bertz CT molecular complexity index is 1020. The SMILES string of the molecule is C=[SH+](C)CCOCn1nccc1-c1ncccc1COc1cnc(OC)cc1C=O. The molecular weight excluding hydrogens is 404 g/mol. The van der Waals surface area contributed by atoms with Gasteiger partial charge in [-0.1, -0.05) is 6.07 Å². The molecule has 3 aromatic heterocycles. The van der Waals surface area contributed by atoms with Gasteiger partial charge in [-0.2, -0.15) is 5.10 Å². The molecule has 3 rings (SSSR count). The van der Waals surface area contributed by atoms with Crippen LogP contribution in [0.15, 0.2) is 42.9 Å². The lowest BCUT2D eigenvalue weighted by Crippen LogP contribution is -2.11. The van der Waals surface area contributed by atoms with E-state index in [0.29, 0.717) is 36.8 Å². The summed E-state index contributed by atoms with van der Waals surface area (Å²) in [5.74, 6) is 5.70. The van der Waals surface area contributed by atoms with E-state index in [-0.39, 0.29) is 17.1 Å². The first kappa shape index (κ1) is 21.7. The molecule has 0 aliphatic heterocycles. The maximum Gasteiger partial charge on any atom is 0.213 e. The van der Waals surface area contributed by atoms with E-state index >= 15 is 0 Å². The van der Waals surface area contributed by atoms with Crippen LogP contribution in [0.3, 0.4) is 0 Å². The van der Waals surface area contributed by atoms with Crippen molar-refractivity contribution in [3.63, 3.8) is 0 Å². The smallest absolute Gasteiger partial charge is 0.213 e. The Morgan fingerprint density at radius 2 is 2.13 bits per heavy atom. The highest BCUT2D eigenvalue weighted by atomic mass is 32.2. The summed E-state index contributed by atoms with van der Waals surface area (Å²) in [6, 6.07) is 7.18. The number of nitrogens with zero attached hydrogens (tertiary/aromatic N) is 4. The number of hydrogen-bond acceptors (Lipinski definition) is 7. The average Bonchev–Trinajstić information content (AvgIpc) is 3.23. The molecule has 3 heterocycles. The molecule has 1 atom stereocenters. The van der Waals surface area contributed by atoms with E-state index in [1.54, 1.807) is 17.1 Å². The fourth-order valence-electron chi connectivity index (χ4n) is 2.71. The van der Waals surface area contributed by atoms with Crippen molar-refractivity contribution in [3.8, 4) is 23.0 Å². The minimum Gasteiger partial charge on any atom is -0.486 e. The fraction of sp³-hybridized carbons (Fsp3) is 0.286. The van der Waals surface area contributed by atoms with Crippen LogP contribution in [0.25, 0.3) is 11.4 Å². The van der Waals surface area contributed by atoms with Crippen LogP contribution in [0.5, 0.6) is 11.6 Å². The summed E-state index contributed by atoms with van der Waals surface area (Å²) in [7, 11) is 1.26. The predicted octanol–water partition coefficient (Wildman–Crippen LogP) is 2.13. The van der Waals surface area contributed by atoms with E-state index < -0.39 is 0 Å². The minimum atomic E-state index is -0.232. The number of pyridine rings is 2. The van der Waals surface area contributed by atoms with E-state index in [2.05, 4.69) is 27.2 Å². The normalized spacial score (nSPS) is 11.8. The van der Waals surface area contributed by atoms with Crippen molar-refractivity contribution in [2.24, 2.45) is 0 Å². The molecule has 0 radical (unpaired) electrons. The summed E-state index contributed by atoms with van der Waals surface area (Å²) in [5.41, 5.74) is 2.78. The molecule has 3 aromatic rings. The summed E-state index contributed by atoms with van der Waals surface area (Å²) in [6.07, 6.45) is 7.73. The minimum absolute atomic E-state index is 0.214. The van der Waals surface area contributed by atoms with E-state index in [1.165, 1.54) is 19.4 Å². The van der Waals surface area contributed by atoms with E-state index in [4.69, 9.17) is 14.2 Å². The van der Waals surface area contributed by atoms with Crippen LogP contribution in [0.4, 0.5) is 0 Å². The first-order valence-corrected chi connectivity index (χ1v) is 11.5. The number of carbonyl (C=O) groups is 1. The monoisotopic (exact) mass is 429 g/mol. The molecule has 0 spiro atoms. The molecule has 1 unspecified atom stereocenters. The Morgan fingerprint density at radius 3 is 2.90 bits per heavy atom. The standard InChI is InChI=1S/C21H24N4O4S/c1-27-20-11-17(13-26)19(12-23-20)29-14-16-5-4-7-22-21(16)18-6-8-24-25(18)15-28-9-10-30(2)3/h4-8,11-13H,2,9-10,14-15H2,1,3H3/p+1. The lowest BCUT2D eigenvalue weighted by atomic mass is 10.1. The first-order chi connectivity index (χ1) is 14.6. The maximum atomic E-state index is 11.4. The zero-order chi connectivity index (χ0) is 21.3. The van der Waals surface area contributed by atoms with Crippen molar-refractivity contribution >= 4 is 22.6 Å². The molecule has 30 heavy (non-hydrogen) atoms.